The number of halogens is 3. The van der Waals surface area contributed by atoms with Crippen molar-refractivity contribution in [2.24, 2.45) is 0 Å². The second-order valence-corrected chi connectivity index (χ2v) is 8.36. The van der Waals surface area contributed by atoms with Crippen molar-refractivity contribution >= 4 is 11.6 Å². The number of rotatable bonds is 6. The predicted molar refractivity (Wildman–Crippen MR) is 126 cm³/mol. The summed E-state index contributed by atoms with van der Waals surface area (Å²) in [4.78, 5) is 16.8. The minimum atomic E-state index is -4.53. The van der Waals surface area contributed by atoms with E-state index in [0.29, 0.717) is 30.3 Å². The second kappa shape index (κ2) is 9.46. The number of carbonyl (C=O) groups excluding carboxylic acids is 1. The van der Waals surface area contributed by atoms with Gasteiger partial charge in [-0.2, -0.15) is 18.3 Å². The molecule has 0 atom stereocenters. The van der Waals surface area contributed by atoms with Gasteiger partial charge in [-0.05, 0) is 48.9 Å². The third-order valence-corrected chi connectivity index (χ3v) is 5.74. The topological polar surface area (TPSA) is 78.3 Å². The SMILES string of the molecule is Cc1ccc(NC(=O)c2cccc(C(F)(F)F)c2)cc1-n1cc(-c2cnccc2OC2COC2)cn1. The first kappa shape index (κ1) is 23.6. The van der Waals surface area contributed by atoms with Gasteiger partial charge in [-0.3, -0.25) is 9.78 Å². The molecule has 184 valence electrons. The number of aryl methyl sites for hydroxylation is 1. The molecule has 2 aromatic heterocycles. The fourth-order valence-electron chi connectivity index (χ4n) is 3.73. The van der Waals surface area contributed by atoms with Gasteiger partial charge >= 0.3 is 6.18 Å². The molecule has 1 N–H and O–H groups in total. The van der Waals surface area contributed by atoms with Gasteiger partial charge in [0.15, 0.2) is 0 Å². The molecule has 1 aliphatic heterocycles. The molecule has 1 amide bonds. The van der Waals surface area contributed by atoms with Crippen LogP contribution in [0, 0.1) is 6.92 Å². The van der Waals surface area contributed by atoms with Crippen molar-refractivity contribution in [2.75, 3.05) is 18.5 Å². The van der Waals surface area contributed by atoms with Crippen molar-refractivity contribution < 1.29 is 27.4 Å². The zero-order chi connectivity index (χ0) is 25.3. The Balaban J connectivity index is 1.38. The molecule has 0 saturated carbocycles. The summed E-state index contributed by atoms with van der Waals surface area (Å²) in [6.45, 7) is 2.97. The quantitative estimate of drug-likeness (QED) is 0.394. The van der Waals surface area contributed by atoms with Crippen LogP contribution in [0.4, 0.5) is 18.9 Å². The van der Waals surface area contributed by atoms with Crippen molar-refractivity contribution in [3.8, 4) is 22.6 Å². The molecule has 2 aromatic carbocycles. The van der Waals surface area contributed by atoms with Crippen LogP contribution < -0.4 is 10.1 Å². The molecule has 36 heavy (non-hydrogen) atoms. The Morgan fingerprint density at radius 2 is 1.97 bits per heavy atom. The van der Waals surface area contributed by atoms with Crippen molar-refractivity contribution in [3.05, 3.63) is 90.0 Å². The largest absolute Gasteiger partial charge is 0.485 e. The van der Waals surface area contributed by atoms with E-state index in [4.69, 9.17) is 9.47 Å². The van der Waals surface area contributed by atoms with E-state index < -0.39 is 17.6 Å². The third-order valence-electron chi connectivity index (χ3n) is 5.74. The van der Waals surface area contributed by atoms with Crippen LogP contribution in [0.3, 0.4) is 0 Å². The number of aromatic nitrogens is 3. The highest BCUT2D eigenvalue weighted by molar-refractivity contribution is 6.04. The summed E-state index contributed by atoms with van der Waals surface area (Å²) in [5.74, 6) is 0.0332. The van der Waals surface area contributed by atoms with Crippen LogP contribution in [0.5, 0.6) is 5.75 Å². The van der Waals surface area contributed by atoms with E-state index in [1.165, 1.54) is 12.1 Å². The highest BCUT2D eigenvalue weighted by Gasteiger charge is 2.31. The number of benzene rings is 2. The molecular formula is C26H21F3N4O3. The average Bonchev–Trinajstić information content (AvgIpc) is 3.32. The van der Waals surface area contributed by atoms with E-state index >= 15 is 0 Å². The van der Waals surface area contributed by atoms with E-state index in [2.05, 4.69) is 15.4 Å². The maximum atomic E-state index is 13.0. The Hall–Kier alpha value is -4.18. The Kier molecular flexibility index (Phi) is 6.19. The number of nitrogens with one attached hydrogen (secondary N) is 1. The lowest BCUT2D eigenvalue weighted by Gasteiger charge is -2.27. The van der Waals surface area contributed by atoms with Crippen molar-refractivity contribution in [3.63, 3.8) is 0 Å². The standard InChI is InChI=1S/C26H21F3N4O3/c1-16-5-6-20(32-25(34)17-3-2-4-19(9-17)26(27,28)29)10-23(16)33-13-18(11-31-33)22-12-30-8-7-24(22)36-21-14-35-15-21/h2-13,21H,14-15H2,1H3,(H,32,34). The van der Waals surface area contributed by atoms with Gasteiger partial charge in [0.25, 0.3) is 5.91 Å². The molecule has 5 rings (SSSR count). The lowest BCUT2D eigenvalue weighted by Crippen LogP contribution is -2.38. The monoisotopic (exact) mass is 494 g/mol. The molecule has 7 nitrogen and oxygen atoms in total. The first-order chi connectivity index (χ1) is 17.3. The molecule has 0 bridgehead atoms. The van der Waals surface area contributed by atoms with Crippen LogP contribution >= 0.6 is 0 Å². The number of hydrogen-bond donors (Lipinski definition) is 1. The summed E-state index contributed by atoms with van der Waals surface area (Å²) in [6, 6.07) is 11.3. The molecule has 3 heterocycles. The van der Waals surface area contributed by atoms with Crippen molar-refractivity contribution in [2.45, 2.75) is 19.2 Å². The summed E-state index contributed by atoms with van der Waals surface area (Å²) in [6.07, 6.45) is 2.34. The number of anilines is 1. The zero-order valence-corrected chi connectivity index (χ0v) is 19.1. The molecule has 0 radical (unpaired) electrons. The van der Waals surface area contributed by atoms with Gasteiger partial charge < -0.3 is 14.8 Å². The number of alkyl halides is 3. The summed E-state index contributed by atoms with van der Waals surface area (Å²) in [5.41, 5.74) is 2.60. The minimum Gasteiger partial charge on any atom is -0.485 e. The van der Waals surface area contributed by atoms with Crippen LogP contribution in [0.2, 0.25) is 0 Å². The highest BCUT2D eigenvalue weighted by atomic mass is 19.4. The van der Waals surface area contributed by atoms with E-state index in [-0.39, 0.29) is 11.7 Å². The molecule has 0 unspecified atom stereocenters. The van der Waals surface area contributed by atoms with Gasteiger partial charge in [-0.15, -0.1) is 0 Å². The first-order valence-corrected chi connectivity index (χ1v) is 11.1. The number of nitrogens with zero attached hydrogens (tertiary/aromatic N) is 3. The van der Waals surface area contributed by atoms with E-state index in [1.54, 1.807) is 47.5 Å². The number of hydrogen-bond acceptors (Lipinski definition) is 5. The molecule has 4 aromatic rings. The highest BCUT2D eigenvalue weighted by Crippen LogP contribution is 2.32. The summed E-state index contributed by atoms with van der Waals surface area (Å²) >= 11 is 0. The molecule has 1 fully saturated rings. The molecular weight excluding hydrogens is 473 g/mol. The van der Waals surface area contributed by atoms with E-state index in [0.717, 1.165) is 28.8 Å². The molecule has 1 saturated heterocycles. The van der Waals surface area contributed by atoms with E-state index in [9.17, 15) is 18.0 Å². The van der Waals surface area contributed by atoms with Crippen LogP contribution in [0.15, 0.2) is 73.3 Å². The third kappa shape index (κ3) is 4.94. The van der Waals surface area contributed by atoms with Gasteiger partial charge in [0.2, 0.25) is 0 Å². The smallest absolute Gasteiger partial charge is 0.416 e. The van der Waals surface area contributed by atoms with E-state index in [1.807, 2.05) is 13.1 Å². The normalized spacial score (nSPS) is 13.8. The second-order valence-electron chi connectivity index (χ2n) is 8.36. The summed E-state index contributed by atoms with van der Waals surface area (Å²) in [5, 5.41) is 7.13. The van der Waals surface area contributed by atoms with Crippen LogP contribution in [0.1, 0.15) is 21.5 Å². The molecule has 0 spiro atoms. The Bertz CT molecular complexity index is 1410. The van der Waals surface area contributed by atoms with Gasteiger partial charge in [-0.1, -0.05) is 12.1 Å². The van der Waals surface area contributed by atoms with Crippen LogP contribution in [-0.4, -0.2) is 40.0 Å². The Morgan fingerprint density at radius 1 is 1.14 bits per heavy atom. The molecule has 10 heteroatoms. The van der Waals surface area contributed by atoms with Crippen LogP contribution in [0.25, 0.3) is 16.8 Å². The van der Waals surface area contributed by atoms with Crippen LogP contribution in [-0.2, 0) is 10.9 Å². The molecule has 0 aliphatic carbocycles. The number of carbonyl (C=O) groups is 1. The summed E-state index contributed by atoms with van der Waals surface area (Å²) < 4.78 is 51.9. The lowest BCUT2D eigenvalue weighted by molar-refractivity contribution is -0.137. The maximum Gasteiger partial charge on any atom is 0.416 e. The molecule has 1 aliphatic rings. The number of pyridine rings is 1. The van der Waals surface area contributed by atoms with Crippen molar-refractivity contribution in [1.29, 1.82) is 0 Å². The van der Waals surface area contributed by atoms with Gasteiger partial charge in [0.1, 0.15) is 11.9 Å². The average molecular weight is 494 g/mol. The Labute approximate surface area is 204 Å². The predicted octanol–water partition coefficient (Wildman–Crippen LogP) is 5.29. The maximum absolute atomic E-state index is 13.0. The van der Waals surface area contributed by atoms with Gasteiger partial charge in [0.05, 0.1) is 30.7 Å². The first-order valence-electron chi connectivity index (χ1n) is 11.1. The van der Waals surface area contributed by atoms with Gasteiger partial charge in [0, 0.05) is 41.0 Å². The lowest BCUT2D eigenvalue weighted by atomic mass is 10.1. The Morgan fingerprint density at radius 3 is 2.72 bits per heavy atom. The zero-order valence-electron chi connectivity index (χ0n) is 19.1. The van der Waals surface area contributed by atoms with Crippen molar-refractivity contribution in [1.82, 2.24) is 14.8 Å². The fourth-order valence-corrected chi connectivity index (χ4v) is 3.73. The summed E-state index contributed by atoms with van der Waals surface area (Å²) in [7, 11) is 0. The van der Waals surface area contributed by atoms with Gasteiger partial charge in [-0.25, -0.2) is 4.68 Å². The number of ether oxygens (including phenoxy) is 2. The fraction of sp³-hybridized carbons (Fsp3) is 0.192. The number of amides is 1. The minimum absolute atomic E-state index is 0.000517.